The van der Waals surface area contributed by atoms with Crippen LogP contribution in [-0.4, -0.2) is 35.2 Å². The van der Waals surface area contributed by atoms with Crippen molar-refractivity contribution in [1.29, 1.82) is 0 Å². The van der Waals surface area contributed by atoms with Gasteiger partial charge in [-0.1, -0.05) is 158 Å². The number of rotatable bonds is 14. The molecule has 50 heavy (non-hydrogen) atoms. The van der Waals surface area contributed by atoms with E-state index in [2.05, 4.69) is 89.6 Å². The van der Waals surface area contributed by atoms with Crippen LogP contribution in [0.2, 0.25) is 0 Å². The fraction of sp³-hybridized carbons (Fsp3) is 0.209. The van der Waals surface area contributed by atoms with Gasteiger partial charge >= 0.3 is 12.1 Å². The van der Waals surface area contributed by atoms with Crippen molar-refractivity contribution in [1.82, 2.24) is 5.32 Å². The van der Waals surface area contributed by atoms with Gasteiger partial charge in [0.25, 0.3) is 0 Å². The predicted molar refractivity (Wildman–Crippen MR) is 207 cm³/mol. The third-order valence-corrected chi connectivity index (χ3v) is 10.2. The quantitative estimate of drug-likeness (QED) is 0.0707. The van der Waals surface area contributed by atoms with Crippen LogP contribution in [0.1, 0.15) is 54.7 Å². The van der Waals surface area contributed by atoms with Crippen molar-refractivity contribution in [3.63, 3.8) is 0 Å². The van der Waals surface area contributed by atoms with Gasteiger partial charge in [-0.2, -0.15) is 11.8 Å². The number of esters is 1. The molecule has 5 rings (SSSR count). The zero-order chi connectivity index (χ0) is 35.2. The summed E-state index contributed by atoms with van der Waals surface area (Å²) in [5, 5.41) is 4.91. The average Bonchev–Trinajstić information content (AvgIpc) is 3.14. The number of hydrogen-bond acceptors (Lipinski definition) is 6. The SMILES string of the molecule is CC(C)(C)OC(=O)NC(CSC/C=C\SC(c1ccccc1)(c1ccccc1)c1ccccc1)C(=O)OC(c1ccccc1)c1ccccc1. The summed E-state index contributed by atoms with van der Waals surface area (Å²) < 4.78 is 11.2. The Hall–Kier alpha value is -4.72. The molecule has 1 unspecified atom stereocenters. The minimum absolute atomic E-state index is 0.296. The van der Waals surface area contributed by atoms with E-state index in [0.717, 1.165) is 11.1 Å². The largest absolute Gasteiger partial charge is 0.451 e. The molecule has 0 radical (unpaired) electrons. The van der Waals surface area contributed by atoms with Crippen molar-refractivity contribution in [2.24, 2.45) is 0 Å². The Balaban J connectivity index is 1.33. The Morgan fingerprint density at radius 2 is 1.08 bits per heavy atom. The van der Waals surface area contributed by atoms with Gasteiger partial charge in [0.05, 0.1) is 4.75 Å². The van der Waals surface area contributed by atoms with E-state index in [1.165, 1.54) is 28.5 Å². The van der Waals surface area contributed by atoms with Crippen LogP contribution in [0.25, 0.3) is 0 Å². The fourth-order valence-electron chi connectivity index (χ4n) is 5.57. The second-order valence-electron chi connectivity index (χ2n) is 12.6. The van der Waals surface area contributed by atoms with Gasteiger partial charge < -0.3 is 14.8 Å². The first-order valence-corrected chi connectivity index (χ1v) is 18.7. The smallest absolute Gasteiger partial charge is 0.408 e. The number of benzene rings is 5. The van der Waals surface area contributed by atoms with Gasteiger partial charge in [0.2, 0.25) is 0 Å². The summed E-state index contributed by atoms with van der Waals surface area (Å²) in [6.07, 6.45) is 0.808. The molecule has 1 amide bonds. The minimum Gasteiger partial charge on any atom is -0.451 e. The second-order valence-corrected chi connectivity index (χ2v) is 14.8. The standard InChI is InChI=1S/C43H43NO4S2/c1-42(2,3)48-41(46)44-38(40(45)47-39(33-20-9-4-10-21-33)34-22-11-5-12-23-34)32-49-30-19-31-50-43(35-24-13-6-14-25-35,36-26-15-7-16-27-36)37-28-17-8-18-29-37/h4-29,31,38-39H,30,32H2,1-3H3,(H,44,46)/b31-19-. The summed E-state index contributed by atoms with van der Waals surface area (Å²) in [5.41, 5.74) is 4.50. The summed E-state index contributed by atoms with van der Waals surface area (Å²) in [6.45, 7) is 5.37. The summed E-state index contributed by atoms with van der Waals surface area (Å²) in [4.78, 5) is 26.7. The van der Waals surface area contributed by atoms with Crippen LogP contribution in [0.15, 0.2) is 163 Å². The summed E-state index contributed by atoms with van der Waals surface area (Å²) in [5.74, 6) is 0.378. The Labute approximate surface area is 304 Å². The molecule has 0 aromatic heterocycles. The van der Waals surface area contributed by atoms with E-state index in [0.29, 0.717) is 11.5 Å². The van der Waals surface area contributed by atoms with Crippen LogP contribution >= 0.6 is 23.5 Å². The number of ether oxygens (including phenoxy) is 2. The maximum absolute atomic E-state index is 13.8. The number of thioether (sulfide) groups is 2. The van der Waals surface area contributed by atoms with Gasteiger partial charge in [0, 0.05) is 11.5 Å². The molecule has 1 atom stereocenters. The van der Waals surface area contributed by atoms with Crippen LogP contribution < -0.4 is 5.32 Å². The average molecular weight is 702 g/mol. The number of carbonyl (C=O) groups excluding carboxylic acids is 2. The Morgan fingerprint density at radius 1 is 0.660 bits per heavy atom. The maximum atomic E-state index is 13.8. The van der Waals surface area contributed by atoms with Gasteiger partial charge in [0.1, 0.15) is 11.6 Å². The topological polar surface area (TPSA) is 64.6 Å². The van der Waals surface area contributed by atoms with E-state index in [1.807, 2.05) is 78.9 Å². The summed E-state index contributed by atoms with van der Waals surface area (Å²) >= 11 is 3.27. The third-order valence-electron chi connectivity index (χ3n) is 7.79. The van der Waals surface area contributed by atoms with E-state index >= 15 is 0 Å². The maximum Gasteiger partial charge on any atom is 0.408 e. The van der Waals surface area contributed by atoms with Crippen LogP contribution in [-0.2, 0) is 19.0 Å². The van der Waals surface area contributed by atoms with Crippen LogP contribution in [0, 0.1) is 0 Å². The highest BCUT2D eigenvalue weighted by atomic mass is 32.2. The monoisotopic (exact) mass is 701 g/mol. The van der Waals surface area contributed by atoms with E-state index in [9.17, 15) is 9.59 Å². The third kappa shape index (κ3) is 9.93. The van der Waals surface area contributed by atoms with Crippen molar-refractivity contribution in [3.05, 3.63) is 191 Å². The molecule has 5 nitrogen and oxygen atoms in total. The van der Waals surface area contributed by atoms with Crippen LogP contribution in [0.3, 0.4) is 0 Å². The Morgan fingerprint density at radius 3 is 1.50 bits per heavy atom. The molecule has 5 aromatic rings. The first-order chi connectivity index (χ1) is 24.3. The van der Waals surface area contributed by atoms with Crippen LogP contribution in [0.5, 0.6) is 0 Å². The fourth-order valence-corrected chi connectivity index (χ4v) is 7.73. The molecular weight excluding hydrogens is 659 g/mol. The van der Waals surface area contributed by atoms with Crippen molar-refractivity contribution < 1.29 is 19.1 Å². The first kappa shape index (κ1) is 36.6. The zero-order valence-corrected chi connectivity index (χ0v) is 30.2. The van der Waals surface area contributed by atoms with Crippen molar-refractivity contribution in [3.8, 4) is 0 Å². The molecule has 0 saturated carbocycles. The van der Waals surface area contributed by atoms with Gasteiger partial charge in [-0.05, 0) is 54.0 Å². The normalized spacial score (nSPS) is 12.4. The molecule has 0 spiro atoms. The predicted octanol–water partition coefficient (Wildman–Crippen LogP) is 10.2. The van der Waals surface area contributed by atoms with Gasteiger partial charge in [-0.15, -0.1) is 11.8 Å². The number of nitrogens with one attached hydrogen (secondary N) is 1. The molecular formula is C43H43NO4S2. The highest BCUT2D eigenvalue weighted by molar-refractivity contribution is 8.03. The Bertz CT molecular complexity index is 1660. The highest BCUT2D eigenvalue weighted by Crippen LogP contribution is 2.49. The number of amides is 1. The van der Waals surface area contributed by atoms with E-state index in [-0.39, 0.29) is 0 Å². The number of alkyl carbamates (subject to hydrolysis) is 1. The molecule has 0 aliphatic rings. The lowest BCUT2D eigenvalue weighted by Crippen LogP contribution is -2.46. The van der Waals surface area contributed by atoms with E-state index in [1.54, 1.807) is 32.5 Å². The molecule has 256 valence electrons. The molecule has 7 heteroatoms. The Kier molecular flexibility index (Phi) is 13.0. The molecule has 0 saturated heterocycles. The number of hydrogen-bond donors (Lipinski definition) is 1. The van der Waals surface area contributed by atoms with Crippen LogP contribution in [0.4, 0.5) is 4.79 Å². The molecule has 1 N–H and O–H groups in total. The first-order valence-electron chi connectivity index (χ1n) is 16.6. The van der Waals surface area contributed by atoms with Gasteiger partial charge in [-0.25, -0.2) is 9.59 Å². The van der Waals surface area contributed by atoms with Gasteiger partial charge in [-0.3, -0.25) is 0 Å². The van der Waals surface area contributed by atoms with Crippen molar-refractivity contribution >= 4 is 35.6 Å². The molecule has 0 fully saturated rings. The summed E-state index contributed by atoms with van der Waals surface area (Å²) in [6, 6.07) is 49.9. The lowest BCUT2D eigenvalue weighted by Gasteiger charge is -2.34. The van der Waals surface area contributed by atoms with Crippen molar-refractivity contribution in [2.75, 3.05) is 11.5 Å². The van der Waals surface area contributed by atoms with Crippen molar-refractivity contribution in [2.45, 2.75) is 43.3 Å². The molecule has 0 bridgehead atoms. The molecule has 0 aliphatic heterocycles. The van der Waals surface area contributed by atoms with E-state index < -0.39 is 34.6 Å². The number of carbonyl (C=O) groups is 2. The zero-order valence-electron chi connectivity index (χ0n) is 28.6. The van der Waals surface area contributed by atoms with Gasteiger partial charge in [0.15, 0.2) is 6.10 Å². The summed E-state index contributed by atoms with van der Waals surface area (Å²) in [7, 11) is 0. The lowest BCUT2D eigenvalue weighted by atomic mass is 9.84. The highest BCUT2D eigenvalue weighted by Gasteiger charge is 2.36. The lowest BCUT2D eigenvalue weighted by molar-refractivity contribution is -0.149. The molecule has 0 aliphatic carbocycles. The second kappa shape index (κ2) is 17.8. The minimum atomic E-state index is -0.928. The van der Waals surface area contributed by atoms with E-state index in [4.69, 9.17) is 9.47 Å². The molecule has 5 aromatic carbocycles. The molecule has 0 heterocycles.